The summed E-state index contributed by atoms with van der Waals surface area (Å²) in [5, 5.41) is 10.0. The molecule has 2 atom stereocenters. The summed E-state index contributed by atoms with van der Waals surface area (Å²) in [5.74, 6) is 0.417. The average Bonchev–Trinajstić information content (AvgIpc) is 3.24. The van der Waals surface area contributed by atoms with E-state index in [1.165, 1.54) is 18.1 Å². The molecule has 0 saturated carbocycles. The van der Waals surface area contributed by atoms with Crippen LogP contribution >= 0.6 is 11.6 Å². The predicted molar refractivity (Wildman–Crippen MR) is 142 cm³/mol. The van der Waals surface area contributed by atoms with Crippen LogP contribution in [0, 0.1) is 0 Å². The Morgan fingerprint density at radius 3 is 2.58 bits per heavy atom. The number of carbonyl (C=O) groups is 1. The van der Waals surface area contributed by atoms with Crippen molar-refractivity contribution in [2.24, 2.45) is 9.98 Å². The van der Waals surface area contributed by atoms with Gasteiger partial charge in [-0.05, 0) is 56.2 Å². The third-order valence-electron chi connectivity index (χ3n) is 6.35. The number of aromatic nitrogens is 1. The smallest absolute Gasteiger partial charge is 0.293 e. The summed E-state index contributed by atoms with van der Waals surface area (Å²) < 4.78 is 5.91. The molecule has 2 aromatic rings. The van der Waals surface area contributed by atoms with E-state index in [9.17, 15) is 4.79 Å². The maximum absolute atomic E-state index is 11.5. The number of benzene rings is 1. The monoisotopic (exact) mass is 504 g/mol. The second-order valence-corrected chi connectivity index (χ2v) is 9.97. The quantitative estimate of drug-likeness (QED) is 0.579. The molecule has 9 heteroatoms. The lowest BCUT2D eigenvalue weighted by Crippen LogP contribution is -2.40. The Morgan fingerprint density at radius 2 is 1.92 bits per heavy atom. The van der Waals surface area contributed by atoms with Gasteiger partial charge in [0.05, 0.1) is 34.2 Å². The van der Waals surface area contributed by atoms with Gasteiger partial charge in [-0.25, -0.2) is 4.99 Å². The summed E-state index contributed by atoms with van der Waals surface area (Å²) in [5.41, 5.74) is 4.41. The Bertz CT molecular complexity index is 1280. The van der Waals surface area contributed by atoms with Gasteiger partial charge in [0.15, 0.2) is 6.17 Å². The second-order valence-electron chi connectivity index (χ2n) is 9.56. The molecule has 2 unspecified atom stereocenters. The van der Waals surface area contributed by atoms with Crippen LogP contribution in [0.4, 0.5) is 0 Å². The number of dihydropyridines is 1. The molecule has 5 rings (SSSR count). The fourth-order valence-electron chi connectivity index (χ4n) is 4.54. The van der Waals surface area contributed by atoms with Crippen LogP contribution in [0.1, 0.15) is 44.0 Å². The van der Waals surface area contributed by atoms with Crippen molar-refractivity contribution in [2.45, 2.75) is 44.9 Å². The van der Waals surface area contributed by atoms with Gasteiger partial charge in [0, 0.05) is 19.0 Å². The molecule has 3 N–H and O–H groups in total. The Labute approximate surface area is 215 Å². The van der Waals surface area contributed by atoms with Crippen LogP contribution in [0.2, 0.25) is 0 Å². The third-order valence-corrected chi connectivity index (χ3v) is 6.65. The minimum atomic E-state index is -0.585. The molecule has 0 spiro atoms. The minimum Gasteiger partial charge on any atom is -0.424 e. The van der Waals surface area contributed by atoms with Gasteiger partial charge in [0.25, 0.3) is 6.02 Å². The van der Waals surface area contributed by atoms with E-state index in [0.29, 0.717) is 16.8 Å². The normalized spacial score (nSPS) is 21.3. The van der Waals surface area contributed by atoms with Crippen LogP contribution in [0.15, 0.2) is 69.8 Å². The van der Waals surface area contributed by atoms with E-state index >= 15 is 0 Å². The zero-order valence-electron chi connectivity index (χ0n) is 20.5. The standard InChI is InChI=1S/C27H29ClN6O2/c1-16(35)34-27(2,3)23-9-8-20(15-30-23)36-26-31-22-14-21(28)24(32-25(22)33-26)19-6-4-17(5-7-19)18-10-12-29-13-11-18/h4-10,14-15,22,25,29H,11-13H2,1-3H3,(H,31,33)(H,34,35). The van der Waals surface area contributed by atoms with Crippen LogP contribution < -0.4 is 20.7 Å². The molecular weight excluding hydrogens is 476 g/mol. The van der Waals surface area contributed by atoms with Gasteiger partial charge in [-0.3, -0.25) is 14.8 Å². The highest BCUT2D eigenvalue weighted by molar-refractivity contribution is 6.46. The number of nitrogens with one attached hydrogen (secondary N) is 3. The van der Waals surface area contributed by atoms with Gasteiger partial charge in [0.1, 0.15) is 5.75 Å². The Morgan fingerprint density at radius 1 is 1.14 bits per heavy atom. The van der Waals surface area contributed by atoms with Crippen molar-refractivity contribution in [1.29, 1.82) is 0 Å². The number of aliphatic imine (C=N–C) groups is 2. The Kier molecular flexibility index (Phi) is 6.64. The number of halogens is 1. The van der Waals surface area contributed by atoms with E-state index in [0.717, 1.165) is 36.5 Å². The van der Waals surface area contributed by atoms with Gasteiger partial charge in [-0.15, -0.1) is 0 Å². The highest BCUT2D eigenvalue weighted by Crippen LogP contribution is 2.27. The van der Waals surface area contributed by atoms with Crippen molar-refractivity contribution in [3.63, 3.8) is 0 Å². The molecule has 0 bridgehead atoms. The predicted octanol–water partition coefficient (Wildman–Crippen LogP) is 3.49. The number of hydrogen-bond donors (Lipinski definition) is 3. The molecule has 1 aromatic heterocycles. The largest absolute Gasteiger partial charge is 0.424 e. The van der Waals surface area contributed by atoms with Crippen molar-refractivity contribution in [1.82, 2.24) is 20.9 Å². The van der Waals surface area contributed by atoms with E-state index in [-0.39, 0.29) is 18.1 Å². The molecule has 0 aliphatic carbocycles. The topological polar surface area (TPSA) is 100 Å². The molecular formula is C27H29ClN6O2. The number of fused-ring (bicyclic) bond motifs is 1. The first kappa shape index (κ1) is 24.2. The SMILES string of the molecule is CC(=O)NC(C)(C)c1ccc(OC2=NC3N=C(c4ccc(C5=CCNCC5)cc4)C(Cl)=CC3N2)cn1. The van der Waals surface area contributed by atoms with E-state index < -0.39 is 5.54 Å². The van der Waals surface area contributed by atoms with E-state index in [4.69, 9.17) is 21.3 Å². The summed E-state index contributed by atoms with van der Waals surface area (Å²) in [4.78, 5) is 25.3. The van der Waals surface area contributed by atoms with Crippen LogP contribution in [0.3, 0.4) is 0 Å². The van der Waals surface area contributed by atoms with Gasteiger partial charge in [0.2, 0.25) is 5.91 Å². The maximum atomic E-state index is 11.5. The number of carbonyl (C=O) groups excluding carboxylic acids is 1. The average molecular weight is 505 g/mol. The summed E-state index contributed by atoms with van der Waals surface area (Å²) in [6, 6.07) is 12.2. The van der Waals surface area contributed by atoms with Crippen molar-refractivity contribution in [3.8, 4) is 5.75 Å². The minimum absolute atomic E-state index is 0.115. The lowest BCUT2D eigenvalue weighted by atomic mass is 9.97. The number of hydrogen-bond acceptors (Lipinski definition) is 7. The van der Waals surface area contributed by atoms with E-state index in [1.54, 1.807) is 12.3 Å². The fraction of sp³-hybridized carbons (Fsp3) is 0.333. The van der Waals surface area contributed by atoms with Crippen LogP contribution in [0.5, 0.6) is 5.75 Å². The van der Waals surface area contributed by atoms with Gasteiger partial charge >= 0.3 is 0 Å². The lowest BCUT2D eigenvalue weighted by Gasteiger charge is -2.25. The molecule has 3 aliphatic heterocycles. The molecule has 186 valence electrons. The van der Waals surface area contributed by atoms with Crippen molar-refractivity contribution in [3.05, 3.63) is 76.6 Å². The Balaban J connectivity index is 1.29. The first-order chi connectivity index (χ1) is 17.3. The third kappa shape index (κ3) is 5.20. The molecule has 8 nitrogen and oxygen atoms in total. The highest BCUT2D eigenvalue weighted by atomic mass is 35.5. The van der Waals surface area contributed by atoms with Gasteiger partial charge < -0.3 is 20.7 Å². The number of pyridine rings is 1. The molecule has 4 heterocycles. The molecule has 1 aromatic carbocycles. The second kappa shape index (κ2) is 9.87. The highest BCUT2D eigenvalue weighted by Gasteiger charge is 2.33. The van der Waals surface area contributed by atoms with Crippen molar-refractivity contribution in [2.75, 3.05) is 13.1 Å². The zero-order chi connectivity index (χ0) is 25.3. The molecule has 1 amide bonds. The number of nitrogens with zero attached hydrogens (tertiary/aromatic N) is 3. The van der Waals surface area contributed by atoms with Crippen LogP contribution in [-0.4, -0.2) is 47.9 Å². The van der Waals surface area contributed by atoms with E-state index in [2.05, 4.69) is 56.3 Å². The first-order valence-corrected chi connectivity index (χ1v) is 12.4. The molecule has 0 saturated heterocycles. The van der Waals surface area contributed by atoms with E-state index in [1.807, 2.05) is 26.0 Å². The van der Waals surface area contributed by atoms with Crippen molar-refractivity contribution < 1.29 is 9.53 Å². The first-order valence-electron chi connectivity index (χ1n) is 12.0. The van der Waals surface area contributed by atoms with Gasteiger partial charge in [-0.2, -0.15) is 0 Å². The maximum Gasteiger partial charge on any atom is 0.293 e. The molecule has 0 fully saturated rings. The summed E-state index contributed by atoms with van der Waals surface area (Å²) >= 11 is 6.62. The van der Waals surface area contributed by atoms with Crippen LogP contribution in [-0.2, 0) is 10.3 Å². The number of rotatable bonds is 5. The lowest BCUT2D eigenvalue weighted by molar-refractivity contribution is -0.120. The van der Waals surface area contributed by atoms with Crippen molar-refractivity contribution >= 4 is 34.8 Å². The fourth-order valence-corrected chi connectivity index (χ4v) is 4.84. The van der Waals surface area contributed by atoms with Crippen LogP contribution in [0.25, 0.3) is 5.57 Å². The summed E-state index contributed by atoms with van der Waals surface area (Å²) in [6.07, 6.45) is 6.44. The molecule has 36 heavy (non-hydrogen) atoms. The summed E-state index contributed by atoms with van der Waals surface area (Å²) in [6.45, 7) is 7.19. The summed E-state index contributed by atoms with van der Waals surface area (Å²) in [7, 11) is 0. The zero-order valence-corrected chi connectivity index (χ0v) is 21.3. The Hall–Kier alpha value is -3.49. The van der Waals surface area contributed by atoms with Gasteiger partial charge in [-0.1, -0.05) is 41.9 Å². The number of amides is 1. The molecule has 0 radical (unpaired) electrons. The number of ether oxygens (including phenoxy) is 1. The number of allylic oxidation sites excluding steroid dienone is 1. The molecule has 3 aliphatic rings. The number of amidine groups is 1.